The van der Waals surface area contributed by atoms with E-state index < -0.39 is 0 Å². The van der Waals surface area contributed by atoms with Gasteiger partial charge in [0.15, 0.2) is 0 Å². The van der Waals surface area contributed by atoms with E-state index in [9.17, 15) is 0 Å². The van der Waals surface area contributed by atoms with E-state index in [1.54, 1.807) is 0 Å². The van der Waals surface area contributed by atoms with Gasteiger partial charge in [-0.25, -0.2) is 0 Å². The first kappa shape index (κ1) is 12.8. The average Bonchev–Trinajstić information content (AvgIpc) is 2.25. The maximum atomic E-state index is 5.63. The van der Waals surface area contributed by atoms with E-state index >= 15 is 0 Å². The van der Waals surface area contributed by atoms with Crippen LogP contribution in [0.3, 0.4) is 0 Å². The lowest BCUT2D eigenvalue weighted by Crippen LogP contribution is -2.10. The Balaban J connectivity index is 2.62. The summed E-state index contributed by atoms with van der Waals surface area (Å²) in [5, 5.41) is 0. The molecule has 0 aliphatic rings. The summed E-state index contributed by atoms with van der Waals surface area (Å²) in [4.78, 5) is 0. The first-order chi connectivity index (χ1) is 7.43. The van der Waals surface area contributed by atoms with Crippen molar-refractivity contribution in [1.29, 1.82) is 0 Å². The third kappa shape index (κ3) is 3.73. The minimum absolute atomic E-state index is 0.200. The molecule has 0 fully saturated rings. The van der Waals surface area contributed by atoms with Crippen molar-refractivity contribution in [1.82, 2.24) is 0 Å². The molecule has 1 nitrogen and oxygen atoms in total. The zero-order valence-corrected chi connectivity index (χ0v) is 10.8. The molecule has 0 radical (unpaired) electrons. The van der Waals surface area contributed by atoms with Gasteiger partial charge >= 0.3 is 0 Å². The Bertz CT molecular complexity index is 341. The molecule has 0 bridgehead atoms. The van der Waals surface area contributed by atoms with Crippen molar-refractivity contribution in [2.75, 3.05) is 6.61 Å². The van der Waals surface area contributed by atoms with Gasteiger partial charge in [0.1, 0.15) is 12.4 Å². The number of ether oxygens (including phenoxy) is 1. The van der Waals surface area contributed by atoms with Crippen molar-refractivity contribution in [2.45, 2.75) is 39.5 Å². The van der Waals surface area contributed by atoms with Crippen LogP contribution in [0.5, 0.6) is 5.75 Å². The molecule has 0 aliphatic carbocycles. The number of hydrogen-bond acceptors (Lipinski definition) is 1. The molecule has 1 rings (SSSR count). The normalized spacial score (nSPS) is 11.2. The van der Waals surface area contributed by atoms with Gasteiger partial charge in [0.05, 0.1) is 0 Å². The molecule has 0 spiro atoms. The van der Waals surface area contributed by atoms with E-state index in [0.29, 0.717) is 6.61 Å². The molecule has 0 N–H and O–H groups in total. The highest BCUT2D eigenvalue weighted by molar-refractivity contribution is 5.31. The van der Waals surface area contributed by atoms with Gasteiger partial charge in [-0.2, -0.15) is 0 Å². The Morgan fingerprint density at radius 3 is 2.19 bits per heavy atom. The molecule has 0 amide bonds. The summed E-state index contributed by atoms with van der Waals surface area (Å²) in [6, 6.07) is 8.32. The van der Waals surface area contributed by atoms with Gasteiger partial charge in [0.2, 0.25) is 0 Å². The molecule has 0 heterocycles. The van der Waals surface area contributed by atoms with Gasteiger partial charge in [-0.05, 0) is 35.1 Å². The van der Waals surface area contributed by atoms with Crippen molar-refractivity contribution in [3.05, 3.63) is 42.0 Å². The molecule has 1 heteroatoms. The van der Waals surface area contributed by atoms with Crippen LogP contribution in [-0.4, -0.2) is 6.61 Å². The Kier molecular flexibility index (Phi) is 4.17. The van der Waals surface area contributed by atoms with Crippen LogP contribution >= 0.6 is 0 Å². The smallest absolute Gasteiger partial charge is 0.119 e. The SMILES string of the molecule is C=C(CC)COc1ccc(C(C)(C)C)cc1. The summed E-state index contributed by atoms with van der Waals surface area (Å²) in [5.74, 6) is 0.919. The van der Waals surface area contributed by atoms with E-state index in [0.717, 1.165) is 17.7 Å². The molecule has 0 aliphatic heterocycles. The molecule has 0 aromatic heterocycles. The first-order valence-corrected chi connectivity index (χ1v) is 5.83. The predicted octanol–water partition coefficient (Wildman–Crippen LogP) is 4.33. The summed E-state index contributed by atoms with van der Waals surface area (Å²) < 4.78 is 5.63. The zero-order chi connectivity index (χ0) is 12.2. The molecule has 1 aromatic rings. The molecular formula is C15H22O. The Labute approximate surface area is 99.1 Å². The van der Waals surface area contributed by atoms with Crippen molar-refractivity contribution < 1.29 is 4.74 Å². The van der Waals surface area contributed by atoms with E-state index in [2.05, 4.69) is 46.4 Å². The van der Waals surface area contributed by atoms with E-state index in [1.807, 2.05) is 12.1 Å². The fraction of sp³-hybridized carbons (Fsp3) is 0.467. The summed E-state index contributed by atoms with van der Waals surface area (Å²) in [5.41, 5.74) is 2.65. The monoisotopic (exact) mass is 218 g/mol. The topological polar surface area (TPSA) is 9.23 Å². The Morgan fingerprint density at radius 2 is 1.75 bits per heavy atom. The third-order valence-corrected chi connectivity index (χ3v) is 2.66. The second-order valence-corrected chi connectivity index (χ2v) is 5.17. The van der Waals surface area contributed by atoms with Crippen LogP contribution in [0.4, 0.5) is 0 Å². The highest BCUT2D eigenvalue weighted by atomic mass is 16.5. The maximum absolute atomic E-state index is 5.63. The van der Waals surface area contributed by atoms with Crippen LogP contribution in [0.25, 0.3) is 0 Å². The van der Waals surface area contributed by atoms with Gasteiger partial charge in [0.25, 0.3) is 0 Å². The number of benzene rings is 1. The van der Waals surface area contributed by atoms with Gasteiger partial charge in [-0.3, -0.25) is 0 Å². The number of hydrogen-bond donors (Lipinski definition) is 0. The van der Waals surface area contributed by atoms with Gasteiger partial charge in [-0.15, -0.1) is 0 Å². The number of rotatable bonds is 4. The standard InChI is InChI=1S/C15H22O/c1-6-12(2)11-16-14-9-7-13(8-10-14)15(3,4)5/h7-10H,2,6,11H2,1,3-5H3. The molecule has 1 aromatic carbocycles. The third-order valence-electron chi connectivity index (χ3n) is 2.66. The molecule has 0 saturated carbocycles. The molecular weight excluding hydrogens is 196 g/mol. The summed E-state index contributed by atoms with van der Waals surface area (Å²) in [7, 11) is 0. The minimum Gasteiger partial charge on any atom is -0.489 e. The maximum Gasteiger partial charge on any atom is 0.119 e. The Morgan fingerprint density at radius 1 is 1.19 bits per heavy atom. The highest BCUT2D eigenvalue weighted by Gasteiger charge is 2.12. The molecule has 16 heavy (non-hydrogen) atoms. The summed E-state index contributed by atoms with van der Waals surface area (Å²) in [6.07, 6.45) is 0.972. The van der Waals surface area contributed by atoms with Crippen molar-refractivity contribution in [3.63, 3.8) is 0 Å². The molecule has 88 valence electrons. The lowest BCUT2D eigenvalue weighted by atomic mass is 9.87. The largest absolute Gasteiger partial charge is 0.489 e. The van der Waals surface area contributed by atoms with Crippen LogP contribution < -0.4 is 4.74 Å². The lowest BCUT2D eigenvalue weighted by molar-refractivity contribution is 0.349. The lowest BCUT2D eigenvalue weighted by Gasteiger charge is -2.19. The van der Waals surface area contributed by atoms with Crippen LogP contribution in [0.15, 0.2) is 36.4 Å². The summed E-state index contributed by atoms with van der Waals surface area (Å²) in [6.45, 7) is 13.3. The van der Waals surface area contributed by atoms with Gasteiger partial charge < -0.3 is 4.74 Å². The average molecular weight is 218 g/mol. The molecule has 0 atom stereocenters. The van der Waals surface area contributed by atoms with Crippen LogP contribution in [0.1, 0.15) is 39.7 Å². The van der Waals surface area contributed by atoms with Crippen LogP contribution in [0.2, 0.25) is 0 Å². The quantitative estimate of drug-likeness (QED) is 0.683. The van der Waals surface area contributed by atoms with E-state index in [4.69, 9.17) is 4.74 Å². The Hall–Kier alpha value is -1.24. The van der Waals surface area contributed by atoms with E-state index in [1.165, 1.54) is 5.56 Å². The molecule has 0 unspecified atom stereocenters. The second kappa shape index (κ2) is 5.20. The van der Waals surface area contributed by atoms with Gasteiger partial charge in [0, 0.05) is 0 Å². The van der Waals surface area contributed by atoms with E-state index in [-0.39, 0.29) is 5.41 Å². The summed E-state index contributed by atoms with van der Waals surface area (Å²) >= 11 is 0. The van der Waals surface area contributed by atoms with Crippen molar-refractivity contribution in [2.24, 2.45) is 0 Å². The molecule has 0 saturated heterocycles. The fourth-order valence-corrected chi connectivity index (χ4v) is 1.34. The van der Waals surface area contributed by atoms with Gasteiger partial charge in [-0.1, -0.05) is 46.4 Å². The van der Waals surface area contributed by atoms with Crippen molar-refractivity contribution in [3.8, 4) is 5.75 Å². The predicted molar refractivity (Wildman–Crippen MR) is 70.1 cm³/mol. The van der Waals surface area contributed by atoms with Crippen LogP contribution in [0, 0.1) is 0 Å². The first-order valence-electron chi connectivity index (χ1n) is 5.83. The minimum atomic E-state index is 0.200. The van der Waals surface area contributed by atoms with Crippen molar-refractivity contribution >= 4 is 0 Å². The highest BCUT2D eigenvalue weighted by Crippen LogP contribution is 2.24. The van der Waals surface area contributed by atoms with Crippen LogP contribution in [-0.2, 0) is 5.41 Å². The second-order valence-electron chi connectivity index (χ2n) is 5.17. The fourth-order valence-electron chi connectivity index (χ4n) is 1.34. The zero-order valence-electron chi connectivity index (χ0n) is 10.8.